The maximum atomic E-state index is 10.8. The van der Waals surface area contributed by atoms with E-state index in [1.165, 1.54) is 19.4 Å². The zero-order valence-corrected chi connectivity index (χ0v) is 12.2. The molecule has 1 aromatic carbocycles. The zero-order valence-electron chi connectivity index (χ0n) is 12.2. The van der Waals surface area contributed by atoms with E-state index in [4.69, 9.17) is 9.84 Å². The predicted molar refractivity (Wildman–Crippen MR) is 78.3 cm³/mol. The molecule has 0 aliphatic heterocycles. The number of hydrogen-bond acceptors (Lipinski definition) is 3. The molecule has 0 heterocycles. The second-order valence-corrected chi connectivity index (χ2v) is 5.71. The van der Waals surface area contributed by atoms with Crippen LogP contribution in [-0.4, -0.2) is 41.7 Å². The maximum absolute atomic E-state index is 10.8. The molecule has 1 aromatic rings. The Kier molecular flexibility index (Phi) is 5.01. The van der Waals surface area contributed by atoms with Gasteiger partial charge in [-0.2, -0.15) is 0 Å². The van der Waals surface area contributed by atoms with Crippen LogP contribution in [-0.2, 0) is 0 Å². The second kappa shape index (κ2) is 6.75. The molecular formula is C16H23NO3. The highest BCUT2D eigenvalue weighted by molar-refractivity contribution is 5.87. The van der Waals surface area contributed by atoms with E-state index >= 15 is 0 Å². The van der Waals surface area contributed by atoms with Gasteiger partial charge in [0.2, 0.25) is 0 Å². The fourth-order valence-electron chi connectivity index (χ4n) is 2.17. The van der Waals surface area contributed by atoms with Crippen molar-refractivity contribution in [2.75, 3.05) is 19.7 Å². The standard InChI is InChI=1S/C16H23NO3/c1-12(2)17(11-13-3-4-13)9-10-20-15-7-5-14(6-8-15)16(18)19/h5-8,12-13H,3-4,9-11H2,1-2H3,(H,18,19). The number of ether oxygens (including phenoxy) is 1. The molecule has 0 bridgehead atoms. The molecule has 0 atom stereocenters. The van der Waals surface area contributed by atoms with Crippen LogP contribution in [0.25, 0.3) is 0 Å². The van der Waals surface area contributed by atoms with Crippen LogP contribution in [0.1, 0.15) is 37.0 Å². The lowest BCUT2D eigenvalue weighted by Gasteiger charge is -2.26. The Hall–Kier alpha value is -1.55. The predicted octanol–water partition coefficient (Wildman–Crippen LogP) is 2.88. The van der Waals surface area contributed by atoms with E-state index in [1.807, 2.05) is 0 Å². The fraction of sp³-hybridized carbons (Fsp3) is 0.562. The van der Waals surface area contributed by atoms with Gasteiger partial charge in [0.1, 0.15) is 12.4 Å². The molecule has 1 aliphatic rings. The number of carboxylic acids is 1. The van der Waals surface area contributed by atoms with Gasteiger partial charge in [0, 0.05) is 19.1 Å². The molecule has 0 amide bonds. The summed E-state index contributed by atoms with van der Waals surface area (Å²) in [7, 11) is 0. The van der Waals surface area contributed by atoms with Gasteiger partial charge in [-0.25, -0.2) is 4.79 Å². The normalized spacial score (nSPS) is 14.8. The summed E-state index contributed by atoms with van der Waals surface area (Å²) in [6.45, 7) is 7.14. The van der Waals surface area contributed by atoms with Crippen molar-refractivity contribution in [1.29, 1.82) is 0 Å². The second-order valence-electron chi connectivity index (χ2n) is 5.71. The van der Waals surface area contributed by atoms with E-state index in [0.717, 1.165) is 18.2 Å². The lowest BCUT2D eigenvalue weighted by Crippen LogP contribution is -2.36. The van der Waals surface area contributed by atoms with Gasteiger partial charge in [0.05, 0.1) is 5.56 Å². The van der Waals surface area contributed by atoms with Crippen molar-refractivity contribution >= 4 is 5.97 Å². The average molecular weight is 277 g/mol. The third kappa shape index (κ3) is 4.53. The summed E-state index contributed by atoms with van der Waals surface area (Å²) < 4.78 is 5.69. The van der Waals surface area contributed by atoms with Crippen LogP contribution in [0.3, 0.4) is 0 Å². The molecule has 110 valence electrons. The molecule has 20 heavy (non-hydrogen) atoms. The van der Waals surface area contributed by atoms with Crippen molar-refractivity contribution < 1.29 is 14.6 Å². The van der Waals surface area contributed by atoms with E-state index in [9.17, 15) is 4.79 Å². The summed E-state index contributed by atoms with van der Waals surface area (Å²) in [5, 5.41) is 8.83. The first-order valence-electron chi connectivity index (χ1n) is 7.26. The van der Waals surface area contributed by atoms with Gasteiger partial charge in [-0.3, -0.25) is 4.90 Å². The molecule has 4 nitrogen and oxygen atoms in total. The average Bonchev–Trinajstić information content (AvgIpc) is 3.22. The maximum Gasteiger partial charge on any atom is 0.335 e. The van der Waals surface area contributed by atoms with Gasteiger partial charge in [-0.1, -0.05) is 0 Å². The number of rotatable bonds is 8. The first kappa shape index (κ1) is 14.9. The third-order valence-electron chi connectivity index (χ3n) is 3.67. The van der Waals surface area contributed by atoms with Gasteiger partial charge in [-0.05, 0) is 56.9 Å². The van der Waals surface area contributed by atoms with Gasteiger partial charge >= 0.3 is 5.97 Å². The van der Waals surface area contributed by atoms with Crippen LogP contribution in [0.15, 0.2) is 24.3 Å². The van der Waals surface area contributed by atoms with Crippen molar-refractivity contribution in [2.24, 2.45) is 5.92 Å². The highest BCUT2D eigenvalue weighted by atomic mass is 16.5. The monoisotopic (exact) mass is 277 g/mol. The molecule has 1 aliphatic carbocycles. The van der Waals surface area contributed by atoms with Crippen LogP contribution < -0.4 is 4.74 Å². The zero-order chi connectivity index (χ0) is 14.5. The topological polar surface area (TPSA) is 49.8 Å². The number of benzene rings is 1. The molecular weight excluding hydrogens is 254 g/mol. The Morgan fingerprint density at radius 3 is 2.50 bits per heavy atom. The Morgan fingerprint density at radius 1 is 1.35 bits per heavy atom. The third-order valence-corrected chi connectivity index (χ3v) is 3.67. The van der Waals surface area contributed by atoms with Crippen LogP contribution in [0.2, 0.25) is 0 Å². The van der Waals surface area contributed by atoms with Crippen molar-refractivity contribution in [3.05, 3.63) is 29.8 Å². The Morgan fingerprint density at radius 2 is 2.00 bits per heavy atom. The molecule has 0 spiro atoms. The Bertz CT molecular complexity index is 438. The first-order chi connectivity index (χ1) is 9.56. The number of aromatic carboxylic acids is 1. The van der Waals surface area contributed by atoms with E-state index < -0.39 is 5.97 Å². The molecule has 4 heteroatoms. The number of carbonyl (C=O) groups is 1. The summed E-state index contributed by atoms with van der Waals surface area (Å²) in [6, 6.07) is 7.10. The van der Waals surface area contributed by atoms with Crippen LogP contribution in [0, 0.1) is 5.92 Å². The van der Waals surface area contributed by atoms with E-state index in [0.29, 0.717) is 12.6 Å². The van der Waals surface area contributed by atoms with E-state index in [2.05, 4.69) is 18.7 Å². The van der Waals surface area contributed by atoms with Crippen LogP contribution >= 0.6 is 0 Å². The molecule has 1 saturated carbocycles. The molecule has 0 saturated heterocycles. The minimum atomic E-state index is -0.910. The van der Waals surface area contributed by atoms with E-state index in [-0.39, 0.29) is 5.56 Å². The van der Waals surface area contributed by atoms with Crippen molar-refractivity contribution in [2.45, 2.75) is 32.7 Å². The fourth-order valence-corrected chi connectivity index (χ4v) is 2.17. The summed E-state index contributed by atoms with van der Waals surface area (Å²) >= 11 is 0. The summed E-state index contributed by atoms with van der Waals surface area (Å²) in [5.74, 6) is 0.698. The lowest BCUT2D eigenvalue weighted by atomic mass is 10.2. The Labute approximate surface area is 120 Å². The minimum absolute atomic E-state index is 0.287. The van der Waals surface area contributed by atoms with E-state index in [1.54, 1.807) is 24.3 Å². The first-order valence-corrected chi connectivity index (χ1v) is 7.26. The van der Waals surface area contributed by atoms with Crippen LogP contribution in [0.4, 0.5) is 0 Å². The summed E-state index contributed by atoms with van der Waals surface area (Å²) in [5.41, 5.74) is 0.287. The van der Waals surface area contributed by atoms with Crippen molar-refractivity contribution in [3.63, 3.8) is 0 Å². The quantitative estimate of drug-likeness (QED) is 0.794. The largest absolute Gasteiger partial charge is 0.492 e. The SMILES string of the molecule is CC(C)N(CCOc1ccc(C(=O)O)cc1)CC1CC1. The smallest absolute Gasteiger partial charge is 0.335 e. The molecule has 0 aromatic heterocycles. The summed E-state index contributed by atoms with van der Waals surface area (Å²) in [4.78, 5) is 13.2. The van der Waals surface area contributed by atoms with Crippen molar-refractivity contribution in [3.8, 4) is 5.75 Å². The van der Waals surface area contributed by atoms with Gasteiger partial charge in [0.25, 0.3) is 0 Å². The number of hydrogen-bond donors (Lipinski definition) is 1. The molecule has 1 fully saturated rings. The molecule has 0 radical (unpaired) electrons. The summed E-state index contributed by atoms with van der Waals surface area (Å²) in [6.07, 6.45) is 2.72. The highest BCUT2D eigenvalue weighted by Crippen LogP contribution is 2.30. The molecule has 2 rings (SSSR count). The molecule has 0 unspecified atom stereocenters. The number of nitrogens with zero attached hydrogens (tertiary/aromatic N) is 1. The lowest BCUT2D eigenvalue weighted by molar-refractivity contribution is 0.0697. The number of carboxylic acid groups (broad SMARTS) is 1. The van der Waals surface area contributed by atoms with Gasteiger partial charge < -0.3 is 9.84 Å². The van der Waals surface area contributed by atoms with Crippen molar-refractivity contribution in [1.82, 2.24) is 4.90 Å². The highest BCUT2D eigenvalue weighted by Gasteiger charge is 2.25. The Balaban J connectivity index is 1.77. The van der Waals surface area contributed by atoms with Gasteiger partial charge in [-0.15, -0.1) is 0 Å². The molecule has 1 N–H and O–H groups in total. The minimum Gasteiger partial charge on any atom is -0.492 e. The van der Waals surface area contributed by atoms with Gasteiger partial charge in [0.15, 0.2) is 0 Å². The van der Waals surface area contributed by atoms with Crippen LogP contribution in [0.5, 0.6) is 5.75 Å².